The third-order valence-electron chi connectivity index (χ3n) is 4.99. The number of nitrogens with one attached hydrogen (secondary N) is 1. The Kier molecular flexibility index (Phi) is 5.62. The second kappa shape index (κ2) is 7.10. The van der Waals surface area contributed by atoms with Crippen LogP contribution in [0.3, 0.4) is 0 Å². The van der Waals surface area contributed by atoms with Gasteiger partial charge in [0.25, 0.3) is 0 Å². The Morgan fingerprint density at radius 3 is 2.73 bits per heavy atom. The predicted molar refractivity (Wildman–Crippen MR) is 91.0 cm³/mol. The van der Waals surface area contributed by atoms with Gasteiger partial charge in [-0.05, 0) is 55.2 Å². The largest absolute Gasteiger partial charge is 0.465 e. The lowest BCUT2D eigenvalue weighted by atomic mass is 9.60. The fourth-order valence-corrected chi connectivity index (χ4v) is 4.18. The van der Waals surface area contributed by atoms with E-state index in [1.54, 1.807) is 0 Å². The molecule has 0 aliphatic heterocycles. The highest BCUT2D eigenvalue weighted by Crippen LogP contribution is 2.47. The molecular weight excluding hydrogens is 321 g/mol. The van der Waals surface area contributed by atoms with E-state index in [1.807, 2.05) is 25.1 Å². The quantitative estimate of drug-likeness (QED) is 0.759. The van der Waals surface area contributed by atoms with Crippen molar-refractivity contribution >= 4 is 29.3 Å². The van der Waals surface area contributed by atoms with Gasteiger partial charge in [0.15, 0.2) is 0 Å². The van der Waals surface area contributed by atoms with Gasteiger partial charge >= 0.3 is 6.09 Å². The van der Waals surface area contributed by atoms with E-state index in [1.165, 1.54) is 12.0 Å². The summed E-state index contributed by atoms with van der Waals surface area (Å²) in [7, 11) is 0. The number of carbonyl (C=O) groups is 1. The number of halogens is 2. The van der Waals surface area contributed by atoms with Crippen molar-refractivity contribution in [3.8, 4) is 0 Å². The number of rotatable bonds is 4. The average Bonchev–Trinajstić information content (AvgIpc) is 2.43. The molecule has 1 aromatic rings. The highest BCUT2D eigenvalue weighted by Gasteiger charge is 2.41. The van der Waals surface area contributed by atoms with Crippen LogP contribution >= 0.6 is 23.2 Å². The SMILES string of the molecule is CC(CC1(c2ccc(Cl)c(Cl)c2)CCCCC1C)NC(=O)O. The molecule has 3 unspecified atom stereocenters. The Bertz CT molecular complexity index is 549. The lowest BCUT2D eigenvalue weighted by Crippen LogP contribution is -2.44. The zero-order valence-electron chi connectivity index (χ0n) is 13.0. The minimum atomic E-state index is -0.972. The van der Waals surface area contributed by atoms with E-state index >= 15 is 0 Å². The molecule has 0 heterocycles. The van der Waals surface area contributed by atoms with Crippen LogP contribution in [0.4, 0.5) is 4.79 Å². The Hall–Kier alpha value is -0.930. The Labute approximate surface area is 142 Å². The fraction of sp³-hybridized carbons (Fsp3) is 0.588. The van der Waals surface area contributed by atoms with Gasteiger partial charge in [0.2, 0.25) is 0 Å². The lowest BCUT2D eigenvalue weighted by Gasteiger charge is -2.45. The summed E-state index contributed by atoms with van der Waals surface area (Å²) in [4.78, 5) is 10.9. The van der Waals surface area contributed by atoms with Crippen molar-refractivity contribution in [1.82, 2.24) is 5.32 Å². The Morgan fingerprint density at radius 1 is 1.41 bits per heavy atom. The normalized spacial score (nSPS) is 26.5. The fourth-order valence-electron chi connectivity index (χ4n) is 3.88. The van der Waals surface area contributed by atoms with E-state index in [4.69, 9.17) is 28.3 Å². The summed E-state index contributed by atoms with van der Waals surface area (Å²) in [6.07, 6.45) is 4.39. The standard InChI is InChI=1S/C17H23Cl2NO2/c1-11-5-3-4-8-17(11,10-12(2)20-16(21)22)13-6-7-14(18)15(19)9-13/h6-7,9,11-12,20H,3-5,8,10H2,1-2H3,(H,21,22). The van der Waals surface area contributed by atoms with Gasteiger partial charge in [-0.1, -0.05) is 49.0 Å². The van der Waals surface area contributed by atoms with Gasteiger partial charge in [-0.3, -0.25) is 0 Å². The molecule has 0 bridgehead atoms. The molecule has 0 radical (unpaired) electrons. The van der Waals surface area contributed by atoms with E-state index in [0.717, 1.165) is 25.7 Å². The van der Waals surface area contributed by atoms with Crippen molar-refractivity contribution in [3.63, 3.8) is 0 Å². The molecule has 3 nitrogen and oxygen atoms in total. The van der Waals surface area contributed by atoms with Crippen LogP contribution in [-0.4, -0.2) is 17.2 Å². The maximum Gasteiger partial charge on any atom is 0.404 e. The van der Waals surface area contributed by atoms with Crippen molar-refractivity contribution in [3.05, 3.63) is 33.8 Å². The summed E-state index contributed by atoms with van der Waals surface area (Å²) in [5.74, 6) is 0.483. The summed E-state index contributed by atoms with van der Waals surface area (Å²) in [5.41, 5.74) is 1.13. The second-order valence-corrected chi connectivity index (χ2v) is 7.30. The third-order valence-corrected chi connectivity index (χ3v) is 5.73. The summed E-state index contributed by atoms with van der Waals surface area (Å²) in [6, 6.07) is 5.74. The van der Waals surface area contributed by atoms with Crippen molar-refractivity contribution in [2.45, 2.75) is 57.4 Å². The van der Waals surface area contributed by atoms with Gasteiger partial charge in [0, 0.05) is 6.04 Å². The van der Waals surface area contributed by atoms with Crippen LogP contribution in [0.5, 0.6) is 0 Å². The van der Waals surface area contributed by atoms with E-state index in [0.29, 0.717) is 16.0 Å². The molecule has 2 N–H and O–H groups in total. The van der Waals surface area contributed by atoms with E-state index in [2.05, 4.69) is 12.2 Å². The molecule has 5 heteroatoms. The van der Waals surface area contributed by atoms with E-state index in [9.17, 15) is 4.79 Å². The maximum absolute atomic E-state index is 10.9. The zero-order chi connectivity index (χ0) is 16.3. The predicted octanol–water partition coefficient (Wildman–Crippen LogP) is 5.49. The molecule has 0 spiro atoms. The molecule has 22 heavy (non-hydrogen) atoms. The molecule has 0 aromatic heterocycles. The summed E-state index contributed by atoms with van der Waals surface area (Å²) in [5, 5.41) is 12.7. The Balaban J connectivity index is 2.36. The molecule has 122 valence electrons. The topological polar surface area (TPSA) is 49.3 Å². The smallest absolute Gasteiger partial charge is 0.404 e. The number of hydrogen-bond donors (Lipinski definition) is 2. The summed E-state index contributed by atoms with van der Waals surface area (Å²) in [6.45, 7) is 4.18. The molecular formula is C17H23Cl2NO2. The molecule has 1 fully saturated rings. The molecule has 1 aliphatic rings. The highest BCUT2D eigenvalue weighted by molar-refractivity contribution is 6.42. The highest BCUT2D eigenvalue weighted by atomic mass is 35.5. The monoisotopic (exact) mass is 343 g/mol. The van der Waals surface area contributed by atoms with Crippen LogP contribution in [0.1, 0.15) is 51.5 Å². The van der Waals surface area contributed by atoms with E-state index < -0.39 is 6.09 Å². The Morgan fingerprint density at radius 2 is 2.14 bits per heavy atom. The van der Waals surface area contributed by atoms with Gasteiger partial charge in [0.1, 0.15) is 0 Å². The number of carboxylic acid groups (broad SMARTS) is 1. The first kappa shape index (κ1) is 17.4. The maximum atomic E-state index is 10.9. The summed E-state index contributed by atoms with van der Waals surface area (Å²) < 4.78 is 0. The van der Waals surface area contributed by atoms with Crippen LogP contribution in [0.25, 0.3) is 0 Å². The van der Waals surface area contributed by atoms with Crippen LogP contribution < -0.4 is 5.32 Å². The van der Waals surface area contributed by atoms with Crippen molar-refractivity contribution in [2.75, 3.05) is 0 Å². The lowest BCUT2D eigenvalue weighted by molar-refractivity contribution is 0.159. The first-order chi connectivity index (χ1) is 10.3. The van der Waals surface area contributed by atoms with Gasteiger partial charge in [-0.2, -0.15) is 0 Å². The first-order valence-electron chi connectivity index (χ1n) is 7.80. The third kappa shape index (κ3) is 3.69. The van der Waals surface area contributed by atoms with Gasteiger partial charge in [-0.15, -0.1) is 0 Å². The van der Waals surface area contributed by atoms with Crippen LogP contribution in [0.2, 0.25) is 10.0 Å². The zero-order valence-corrected chi connectivity index (χ0v) is 14.5. The van der Waals surface area contributed by atoms with Gasteiger partial charge in [0.05, 0.1) is 10.0 Å². The van der Waals surface area contributed by atoms with Crippen LogP contribution in [0, 0.1) is 5.92 Å². The molecule has 1 amide bonds. The molecule has 1 aromatic carbocycles. The van der Waals surface area contributed by atoms with Crippen molar-refractivity contribution < 1.29 is 9.90 Å². The molecule has 1 aliphatic carbocycles. The first-order valence-corrected chi connectivity index (χ1v) is 8.56. The number of benzene rings is 1. The molecule has 3 atom stereocenters. The second-order valence-electron chi connectivity index (χ2n) is 6.49. The van der Waals surface area contributed by atoms with Gasteiger partial charge in [-0.25, -0.2) is 4.79 Å². The van der Waals surface area contributed by atoms with Crippen molar-refractivity contribution in [2.24, 2.45) is 5.92 Å². The van der Waals surface area contributed by atoms with Crippen LogP contribution in [-0.2, 0) is 5.41 Å². The molecule has 2 rings (SSSR count). The van der Waals surface area contributed by atoms with Crippen LogP contribution in [0.15, 0.2) is 18.2 Å². The average molecular weight is 344 g/mol. The number of amides is 1. The number of hydrogen-bond acceptors (Lipinski definition) is 1. The minimum Gasteiger partial charge on any atom is -0.465 e. The summed E-state index contributed by atoms with van der Waals surface area (Å²) >= 11 is 12.3. The van der Waals surface area contributed by atoms with Gasteiger partial charge < -0.3 is 10.4 Å². The minimum absolute atomic E-state index is 0.0473. The van der Waals surface area contributed by atoms with E-state index in [-0.39, 0.29) is 11.5 Å². The molecule has 1 saturated carbocycles. The van der Waals surface area contributed by atoms with Crippen molar-refractivity contribution in [1.29, 1.82) is 0 Å². The molecule has 0 saturated heterocycles.